The van der Waals surface area contributed by atoms with E-state index in [4.69, 9.17) is 23.2 Å². The number of halogens is 2. The highest BCUT2D eigenvalue weighted by atomic mass is 35.5. The van der Waals surface area contributed by atoms with Gasteiger partial charge in [-0.05, 0) is 38.5 Å². The van der Waals surface area contributed by atoms with Gasteiger partial charge in [0.2, 0.25) is 0 Å². The summed E-state index contributed by atoms with van der Waals surface area (Å²) in [7, 11) is 0. The topological polar surface area (TPSA) is 0 Å². The Morgan fingerprint density at radius 3 is 0.917 bits per heavy atom. The fourth-order valence-electron chi connectivity index (χ4n) is 4.13. The zero-order valence-electron chi connectivity index (χ0n) is 17.1. The molecule has 0 aliphatic carbocycles. The maximum atomic E-state index is 6.80. The average molecular weight is 380 g/mol. The average Bonchev–Trinajstić information content (AvgIpc) is 2.51. The van der Waals surface area contributed by atoms with Crippen LogP contribution in [0.5, 0.6) is 0 Å². The molecule has 0 aromatic rings. The fraction of sp³-hybridized carbons (Fsp3) is 1.00. The van der Waals surface area contributed by atoms with Crippen LogP contribution in [-0.2, 0) is 0 Å². The monoisotopic (exact) mass is 378 g/mol. The lowest BCUT2D eigenvalue weighted by molar-refractivity contribution is 0.412. The van der Waals surface area contributed by atoms with Crippen molar-refractivity contribution < 1.29 is 0 Å². The van der Waals surface area contributed by atoms with Crippen molar-refractivity contribution in [1.29, 1.82) is 0 Å². The van der Waals surface area contributed by atoms with E-state index in [1.807, 2.05) is 0 Å². The summed E-state index contributed by atoms with van der Waals surface area (Å²) in [6.45, 7) is 9.00. The van der Waals surface area contributed by atoms with Crippen molar-refractivity contribution in [2.75, 3.05) is 0 Å². The van der Waals surface area contributed by atoms with Crippen molar-refractivity contribution in [2.24, 2.45) is 0 Å². The van der Waals surface area contributed by atoms with Crippen LogP contribution in [0.4, 0.5) is 0 Å². The van der Waals surface area contributed by atoms with Crippen molar-refractivity contribution in [2.45, 2.75) is 140 Å². The third-order valence-corrected chi connectivity index (χ3v) is 6.43. The second kappa shape index (κ2) is 14.7. The molecule has 0 aromatic heterocycles. The van der Waals surface area contributed by atoms with Crippen molar-refractivity contribution in [3.8, 4) is 0 Å². The predicted molar refractivity (Wildman–Crippen MR) is 114 cm³/mol. The lowest BCUT2D eigenvalue weighted by atomic mass is 9.90. The van der Waals surface area contributed by atoms with E-state index >= 15 is 0 Å². The normalized spacial score (nSPS) is 12.8. The van der Waals surface area contributed by atoms with Gasteiger partial charge in [-0.3, -0.25) is 0 Å². The van der Waals surface area contributed by atoms with E-state index in [2.05, 4.69) is 27.7 Å². The van der Waals surface area contributed by atoms with Crippen LogP contribution in [0.3, 0.4) is 0 Å². The Hall–Kier alpha value is 0.580. The molecule has 0 aliphatic heterocycles. The second-order valence-electron chi connectivity index (χ2n) is 7.92. The number of unbranched alkanes of at least 4 members (excludes halogenated alkanes) is 5. The molecule has 0 bridgehead atoms. The first-order chi connectivity index (χ1) is 11.4. The molecule has 0 fully saturated rings. The van der Waals surface area contributed by atoms with E-state index in [1.165, 1.54) is 103 Å². The molecule has 0 saturated carbocycles. The van der Waals surface area contributed by atoms with Crippen molar-refractivity contribution in [3.63, 3.8) is 0 Å². The van der Waals surface area contributed by atoms with Gasteiger partial charge in [-0.25, -0.2) is 0 Å². The minimum atomic E-state index is 0.0853. The minimum absolute atomic E-state index is 0.0853. The zero-order valence-corrected chi connectivity index (χ0v) is 18.6. The van der Waals surface area contributed by atoms with Gasteiger partial charge in [0.15, 0.2) is 0 Å². The highest BCUT2D eigenvalue weighted by Gasteiger charge is 2.25. The van der Waals surface area contributed by atoms with E-state index in [-0.39, 0.29) is 9.75 Å². The molecule has 0 amide bonds. The Morgan fingerprint density at radius 2 is 0.667 bits per heavy atom. The first kappa shape index (κ1) is 24.6. The maximum Gasteiger partial charge on any atom is 0.0446 e. The van der Waals surface area contributed by atoms with Crippen LogP contribution >= 0.6 is 23.2 Å². The molecule has 0 saturated heterocycles. The zero-order chi connectivity index (χ0) is 18.3. The van der Waals surface area contributed by atoms with Crippen LogP contribution in [0.1, 0.15) is 130 Å². The van der Waals surface area contributed by atoms with E-state index in [0.717, 1.165) is 0 Å². The summed E-state index contributed by atoms with van der Waals surface area (Å²) in [5.41, 5.74) is 0. The number of rotatable bonds is 17. The fourth-order valence-corrected chi connectivity index (χ4v) is 5.16. The molecular weight excluding hydrogens is 335 g/mol. The Balaban J connectivity index is 3.76. The molecule has 0 atom stereocenters. The van der Waals surface area contributed by atoms with Crippen LogP contribution in [0.2, 0.25) is 0 Å². The molecule has 0 nitrogen and oxygen atoms in total. The lowest BCUT2D eigenvalue weighted by Gasteiger charge is -2.26. The molecule has 0 radical (unpaired) electrons. The van der Waals surface area contributed by atoms with Crippen LogP contribution in [0.15, 0.2) is 0 Å². The molecule has 2 heteroatoms. The highest BCUT2D eigenvalue weighted by molar-refractivity contribution is 6.24. The summed E-state index contributed by atoms with van der Waals surface area (Å²) >= 11 is 13.6. The van der Waals surface area contributed by atoms with Gasteiger partial charge in [-0.1, -0.05) is 91.9 Å². The van der Waals surface area contributed by atoms with Gasteiger partial charge < -0.3 is 0 Å². The van der Waals surface area contributed by atoms with Gasteiger partial charge in [0.05, 0.1) is 0 Å². The molecule has 0 heterocycles. The van der Waals surface area contributed by atoms with Crippen LogP contribution < -0.4 is 0 Å². The molecule has 0 aromatic carbocycles. The molecule has 0 rings (SSSR count). The lowest BCUT2D eigenvalue weighted by Crippen LogP contribution is -2.21. The first-order valence-electron chi connectivity index (χ1n) is 10.8. The third kappa shape index (κ3) is 12.0. The second-order valence-corrected chi connectivity index (χ2v) is 9.53. The quantitative estimate of drug-likeness (QED) is 0.174. The third-order valence-electron chi connectivity index (χ3n) is 5.29. The van der Waals surface area contributed by atoms with Gasteiger partial charge in [0, 0.05) is 9.75 Å². The van der Waals surface area contributed by atoms with E-state index in [0.29, 0.717) is 0 Å². The van der Waals surface area contributed by atoms with Crippen LogP contribution in [0, 0.1) is 0 Å². The number of hydrogen-bond acceptors (Lipinski definition) is 0. The minimum Gasteiger partial charge on any atom is -0.119 e. The van der Waals surface area contributed by atoms with Gasteiger partial charge in [-0.2, -0.15) is 0 Å². The van der Waals surface area contributed by atoms with Gasteiger partial charge in [0.1, 0.15) is 0 Å². The van der Waals surface area contributed by atoms with E-state index in [1.54, 1.807) is 0 Å². The van der Waals surface area contributed by atoms with Crippen molar-refractivity contribution in [1.82, 2.24) is 0 Å². The van der Waals surface area contributed by atoms with Gasteiger partial charge >= 0.3 is 0 Å². The van der Waals surface area contributed by atoms with Crippen LogP contribution in [0.25, 0.3) is 0 Å². The summed E-state index contributed by atoms with van der Waals surface area (Å²) in [4.78, 5) is 0.171. The van der Waals surface area contributed by atoms with Crippen molar-refractivity contribution >= 4 is 23.2 Å². The maximum absolute atomic E-state index is 6.80. The van der Waals surface area contributed by atoms with E-state index in [9.17, 15) is 0 Å². The van der Waals surface area contributed by atoms with Gasteiger partial charge in [0.25, 0.3) is 0 Å². The summed E-state index contributed by atoms with van der Waals surface area (Å²) in [5.74, 6) is 0. The van der Waals surface area contributed by atoms with Crippen molar-refractivity contribution in [3.05, 3.63) is 0 Å². The van der Waals surface area contributed by atoms with Gasteiger partial charge in [-0.15, -0.1) is 23.2 Å². The number of hydrogen-bond donors (Lipinski definition) is 0. The molecule has 24 heavy (non-hydrogen) atoms. The molecule has 0 spiro atoms. The highest BCUT2D eigenvalue weighted by Crippen LogP contribution is 2.34. The molecule has 0 aliphatic rings. The smallest absolute Gasteiger partial charge is 0.0446 e. The standard InChI is InChI=1S/C22H44Cl2/c1-5-15-21(23,16-6-2)19-13-11-9-10-12-14-20-22(24,17-7-3)18-8-4/h5-20H2,1-4H3. The largest absolute Gasteiger partial charge is 0.119 e. The number of alkyl halides is 2. The Bertz CT molecular complexity index is 235. The van der Waals surface area contributed by atoms with E-state index < -0.39 is 0 Å². The summed E-state index contributed by atoms with van der Waals surface area (Å²) in [5, 5.41) is 0. The summed E-state index contributed by atoms with van der Waals surface area (Å²) in [6, 6.07) is 0. The summed E-state index contributed by atoms with van der Waals surface area (Å²) < 4.78 is 0. The Morgan fingerprint density at radius 1 is 0.417 bits per heavy atom. The molecular formula is C22H44Cl2. The van der Waals surface area contributed by atoms with Crippen LogP contribution in [-0.4, -0.2) is 9.75 Å². The SMILES string of the molecule is CCCC(Cl)(CCC)CCCCCCCCC(Cl)(CCC)CCC. The molecule has 0 unspecified atom stereocenters. The predicted octanol–water partition coefficient (Wildman–Crippen LogP) is 9.26. The first-order valence-corrected chi connectivity index (χ1v) is 11.6. The molecule has 0 N–H and O–H groups in total. The Labute approximate surface area is 163 Å². The summed E-state index contributed by atoms with van der Waals surface area (Å²) in [6.07, 6.45) is 20.0. The Kier molecular flexibility index (Phi) is 15.1. The molecule has 146 valence electrons.